The molecule has 0 aliphatic carbocycles. The molecule has 1 aliphatic rings. The minimum absolute atomic E-state index is 0. The molecule has 3 rings (SSSR count). The highest BCUT2D eigenvalue weighted by atomic mass is 127. The van der Waals surface area contributed by atoms with Gasteiger partial charge < -0.3 is 10.6 Å². The topological polar surface area (TPSA) is 52.6 Å². The summed E-state index contributed by atoms with van der Waals surface area (Å²) in [5.41, 5.74) is 1.24. The number of aryl methyl sites for hydroxylation is 1. The summed E-state index contributed by atoms with van der Waals surface area (Å²) in [7, 11) is 0. The van der Waals surface area contributed by atoms with Crippen molar-refractivity contribution < 1.29 is 0 Å². The SMILES string of the molecule is CCNC(=NCC(C)c1cccs1)NCC1CCN(Cc2csc(CC)n2)CC1.I. The van der Waals surface area contributed by atoms with Crippen LogP contribution < -0.4 is 10.6 Å². The summed E-state index contributed by atoms with van der Waals surface area (Å²) in [5.74, 6) is 2.13. The lowest BCUT2D eigenvalue weighted by atomic mass is 9.97. The molecule has 8 heteroatoms. The maximum atomic E-state index is 4.82. The Hall–Kier alpha value is -0.710. The van der Waals surface area contributed by atoms with Crippen LogP contribution in [0.4, 0.5) is 0 Å². The van der Waals surface area contributed by atoms with E-state index in [2.05, 4.69) is 59.2 Å². The minimum atomic E-state index is 0. The van der Waals surface area contributed by atoms with E-state index in [-0.39, 0.29) is 24.0 Å². The van der Waals surface area contributed by atoms with E-state index < -0.39 is 0 Å². The fourth-order valence-electron chi connectivity index (χ4n) is 3.63. The Labute approximate surface area is 206 Å². The number of nitrogens with zero attached hydrogens (tertiary/aromatic N) is 3. The molecule has 0 spiro atoms. The number of rotatable bonds is 9. The summed E-state index contributed by atoms with van der Waals surface area (Å²) in [6, 6.07) is 4.32. The van der Waals surface area contributed by atoms with E-state index in [1.54, 1.807) is 11.3 Å². The molecule has 0 amide bonds. The van der Waals surface area contributed by atoms with Crippen LogP contribution in [0.3, 0.4) is 0 Å². The molecule has 2 N–H and O–H groups in total. The number of hydrogen-bond acceptors (Lipinski definition) is 5. The van der Waals surface area contributed by atoms with Crippen LogP contribution >= 0.6 is 46.7 Å². The lowest BCUT2D eigenvalue weighted by molar-refractivity contribution is 0.176. The second-order valence-corrected chi connectivity index (χ2v) is 9.74. The van der Waals surface area contributed by atoms with Gasteiger partial charge in [0.2, 0.25) is 0 Å². The molecule has 1 fully saturated rings. The second-order valence-electron chi connectivity index (χ2n) is 7.82. The van der Waals surface area contributed by atoms with E-state index in [4.69, 9.17) is 9.98 Å². The third-order valence-corrected chi connectivity index (χ3v) is 7.59. The molecule has 1 saturated heterocycles. The van der Waals surface area contributed by atoms with Crippen molar-refractivity contribution in [3.8, 4) is 0 Å². The van der Waals surface area contributed by atoms with Crippen LogP contribution in [-0.2, 0) is 13.0 Å². The van der Waals surface area contributed by atoms with E-state index in [0.717, 1.165) is 51.6 Å². The summed E-state index contributed by atoms with van der Waals surface area (Å²) in [4.78, 5) is 13.5. The average Bonchev–Trinajstić information content (AvgIpc) is 3.43. The largest absolute Gasteiger partial charge is 0.357 e. The Balaban J connectivity index is 0.00000320. The normalized spacial score (nSPS) is 16.8. The maximum absolute atomic E-state index is 4.82. The number of piperidine rings is 1. The third kappa shape index (κ3) is 8.09. The molecule has 1 unspecified atom stereocenters. The van der Waals surface area contributed by atoms with Gasteiger partial charge in [-0.05, 0) is 56.6 Å². The van der Waals surface area contributed by atoms with Crippen LogP contribution in [0.15, 0.2) is 27.9 Å². The fourth-order valence-corrected chi connectivity index (χ4v) is 5.15. The van der Waals surface area contributed by atoms with Gasteiger partial charge in [-0.1, -0.05) is 19.9 Å². The highest BCUT2D eigenvalue weighted by Crippen LogP contribution is 2.21. The van der Waals surface area contributed by atoms with E-state index in [1.165, 1.54) is 28.4 Å². The summed E-state index contributed by atoms with van der Waals surface area (Å²) in [6.45, 7) is 12.6. The standard InChI is InChI=1S/C22H35N5S2.HI/c1-4-21-26-19(16-29-21)15-27-10-8-18(9-11-27)14-25-22(23-5-2)24-13-17(3)20-7-6-12-28-20;/h6-7,12,16-18H,4-5,8-11,13-15H2,1-3H3,(H2,23,24,25);1H. The van der Waals surface area contributed by atoms with E-state index in [0.29, 0.717) is 11.8 Å². The van der Waals surface area contributed by atoms with Gasteiger partial charge in [0.05, 0.1) is 17.2 Å². The first kappa shape index (κ1) is 25.5. The van der Waals surface area contributed by atoms with Crippen molar-refractivity contribution in [1.82, 2.24) is 20.5 Å². The van der Waals surface area contributed by atoms with Gasteiger partial charge in [-0.25, -0.2) is 4.98 Å². The van der Waals surface area contributed by atoms with Crippen molar-refractivity contribution in [2.24, 2.45) is 10.9 Å². The van der Waals surface area contributed by atoms with Crippen molar-refractivity contribution in [2.75, 3.05) is 32.7 Å². The monoisotopic (exact) mass is 561 g/mol. The zero-order valence-electron chi connectivity index (χ0n) is 18.4. The van der Waals surface area contributed by atoms with Gasteiger partial charge in [-0.2, -0.15) is 0 Å². The highest BCUT2D eigenvalue weighted by Gasteiger charge is 2.20. The Morgan fingerprint density at radius 3 is 2.70 bits per heavy atom. The molecule has 3 heterocycles. The number of likely N-dealkylation sites (tertiary alicyclic amines) is 1. The molecule has 0 radical (unpaired) electrons. The lowest BCUT2D eigenvalue weighted by Gasteiger charge is -2.31. The molecule has 0 bridgehead atoms. The van der Waals surface area contributed by atoms with E-state index in [1.807, 2.05) is 11.3 Å². The number of thiophene rings is 1. The number of aromatic nitrogens is 1. The molecular weight excluding hydrogens is 525 g/mol. The van der Waals surface area contributed by atoms with Crippen molar-refractivity contribution in [3.05, 3.63) is 38.5 Å². The van der Waals surface area contributed by atoms with Gasteiger partial charge >= 0.3 is 0 Å². The average molecular weight is 562 g/mol. The van der Waals surface area contributed by atoms with E-state index in [9.17, 15) is 0 Å². The molecule has 2 aromatic heterocycles. The molecular formula is C22H36IN5S2. The molecule has 0 saturated carbocycles. The molecule has 1 atom stereocenters. The zero-order valence-corrected chi connectivity index (χ0v) is 22.4. The van der Waals surface area contributed by atoms with Crippen molar-refractivity contribution in [1.29, 1.82) is 0 Å². The van der Waals surface area contributed by atoms with Crippen LogP contribution in [-0.4, -0.2) is 48.6 Å². The molecule has 1 aliphatic heterocycles. The lowest BCUT2D eigenvalue weighted by Crippen LogP contribution is -2.43. The minimum Gasteiger partial charge on any atom is -0.357 e. The van der Waals surface area contributed by atoms with Gasteiger partial charge in [-0.15, -0.1) is 46.7 Å². The number of aliphatic imine (C=N–C) groups is 1. The number of nitrogens with one attached hydrogen (secondary N) is 2. The number of hydrogen-bond donors (Lipinski definition) is 2. The Morgan fingerprint density at radius 2 is 2.07 bits per heavy atom. The molecule has 2 aromatic rings. The van der Waals surface area contributed by atoms with Crippen molar-refractivity contribution in [2.45, 2.75) is 52.5 Å². The molecule has 0 aromatic carbocycles. The van der Waals surface area contributed by atoms with Gasteiger partial charge in [0.25, 0.3) is 0 Å². The predicted molar refractivity (Wildman–Crippen MR) is 142 cm³/mol. The van der Waals surface area contributed by atoms with Crippen LogP contribution in [0.2, 0.25) is 0 Å². The fraction of sp³-hybridized carbons (Fsp3) is 0.636. The number of halogens is 1. The maximum Gasteiger partial charge on any atom is 0.191 e. The summed E-state index contributed by atoms with van der Waals surface area (Å²) < 4.78 is 0. The van der Waals surface area contributed by atoms with Gasteiger partial charge in [-0.3, -0.25) is 9.89 Å². The van der Waals surface area contributed by atoms with Gasteiger partial charge in [0.15, 0.2) is 5.96 Å². The van der Waals surface area contributed by atoms with Gasteiger partial charge in [0.1, 0.15) is 0 Å². The molecule has 30 heavy (non-hydrogen) atoms. The first-order valence-corrected chi connectivity index (χ1v) is 12.6. The Morgan fingerprint density at radius 1 is 1.27 bits per heavy atom. The van der Waals surface area contributed by atoms with Crippen LogP contribution in [0.25, 0.3) is 0 Å². The van der Waals surface area contributed by atoms with Crippen LogP contribution in [0, 0.1) is 5.92 Å². The Bertz CT molecular complexity index is 739. The van der Waals surface area contributed by atoms with E-state index >= 15 is 0 Å². The Kier molecular flexibility index (Phi) is 11.6. The summed E-state index contributed by atoms with van der Waals surface area (Å²) >= 11 is 3.61. The zero-order chi connectivity index (χ0) is 20.5. The van der Waals surface area contributed by atoms with Crippen LogP contribution in [0.5, 0.6) is 0 Å². The highest BCUT2D eigenvalue weighted by molar-refractivity contribution is 14.0. The van der Waals surface area contributed by atoms with Crippen molar-refractivity contribution >= 4 is 52.6 Å². The first-order valence-electron chi connectivity index (χ1n) is 10.9. The van der Waals surface area contributed by atoms with Crippen LogP contribution in [0.1, 0.15) is 55.1 Å². The van der Waals surface area contributed by atoms with Crippen molar-refractivity contribution in [3.63, 3.8) is 0 Å². The smallest absolute Gasteiger partial charge is 0.191 e. The van der Waals surface area contributed by atoms with Gasteiger partial charge in [0, 0.05) is 35.8 Å². The summed E-state index contributed by atoms with van der Waals surface area (Å²) in [5, 5.41) is 12.6. The first-order chi connectivity index (χ1) is 14.2. The summed E-state index contributed by atoms with van der Waals surface area (Å²) in [6.07, 6.45) is 3.52. The number of thiazole rings is 1. The second kappa shape index (κ2) is 13.6. The predicted octanol–water partition coefficient (Wildman–Crippen LogP) is 4.96. The molecule has 5 nitrogen and oxygen atoms in total. The third-order valence-electron chi connectivity index (χ3n) is 5.45. The number of guanidine groups is 1. The molecule has 168 valence electrons. The quantitative estimate of drug-likeness (QED) is 0.258.